The molecule has 2 rings (SSSR count). The molecule has 0 aliphatic carbocycles. The quantitative estimate of drug-likeness (QED) is 0.932. The molecule has 2 nitrogen and oxygen atoms in total. The Morgan fingerprint density at radius 1 is 1.06 bits per heavy atom. The molecule has 0 saturated carbocycles. The number of rotatable bonds is 4. The van der Waals surface area contributed by atoms with Crippen LogP contribution in [0.4, 0.5) is 0 Å². The predicted octanol–water partition coefficient (Wildman–Crippen LogP) is 3.54. The van der Waals surface area contributed by atoms with E-state index in [0.717, 1.165) is 11.0 Å². The molecule has 0 radical (unpaired) electrons. The van der Waals surface area contributed by atoms with Crippen LogP contribution in [-0.2, 0) is 0 Å². The van der Waals surface area contributed by atoms with Gasteiger partial charge >= 0.3 is 0 Å². The fourth-order valence-corrected chi connectivity index (χ4v) is 2.11. The highest BCUT2D eigenvalue weighted by atomic mass is 79.9. The van der Waals surface area contributed by atoms with E-state index >= 15 is 0 Å². The van der Waals surface area contributed by atoms with E-state index in [1.54, 1.807) is 0 Å². The summed E-state index contributed by atoms with van der Waals surface area (Å²) in [4.78, 5) is 4.06. The number of hydrogen-bond donors (Lipinski definition) is 1. The zero-order valence-electron chi connectivity index (χ0n) is 9.73. The molecule has 1 atom stereocenters. The van der Waals surface area contributed by atoms with Gasteiger partial charge in [-0.2, -0.15) is 0 Å². The van der Waals surface area contributed by atoms with Gasteiger partial charge in [0.15, 0.2) is 0 Å². The van der Waals surface area contributed by atoms with Crippen molar-refractivity contribution < 1.29 is 0 Å². The lowest BCUT2D eigenvalue weighted by atomic mass is 10.00. The van der Waals surface area contributed by atoms with E-state index in [2.05, 4.69) is 69.6 Å². The van der Waals surface area contributed by atoms with Crippen LogP contribution in [0.1, 0.15) is 24.1 Å². The second-order valence-corrected chi connectivity index (χ2v) is 4.74. The van der Waals surface area contributed by atoms with Crippen LogP contribution >= 0.6 is 15.9 Å². The molecular weight excluding hydrogens is 276 g/mol. The van der Waals surface area contributed by atoms with Crippen LogP contribution in [0.15, 0.2) is 53.3 Å². The molecule has 3 heteroatoms. The Labute approximate surface area is 110 Å². The molecule has 88 valence electrons. The molecule has 1 unspecified atom stereocenters. The Morgan fingerprint density at radius 2 is 1.65 bits per heavy atom. The minimum Gasteiger partial charge on any atom is -0.307 e. The van der Waals surface area contributed by atoms with Crippen molar-refractivity contribution in [1.82, 2.24) is 10.3 Å². The highest BCUT2D eigenvalue weighted by Crippen LogP contribution is 2.22. The summed E-state index contributed by atoms with van der Waals surface area (Å²) in [6.45, 7) is 3.05. The second kappa shape index (κ2) is 5.94. The molecule has 0 fully saturated rings. The number of hydrogen-bond acceptors (Lipinski definition) is 2. The van der Waals surface area contributed by atoms with E-state index < -0.39 is 0 Å². The molecule has 0 aliphatic heterocycles. The fraction of sp³-hybridized carbons (Fsp3) is 0.214. The van der Waals surface area contributed by atoms with Crippen molar-refractivity contribution in [1.29, 1.82) is 0 Å². The minimum absolute atomic E-state index is 0.232. The summed E-state index contributed by atoms with van der Waals surface area (Å²) in [5.41, 5.74) is 2.51. The Hall–Kier alpha value is -1.19. The van der Waals surface area contributed by atoms with Gasteiger partial charge in [-0.25, -0.2) is 0 Å². The van der Waals surface area contributed by atoms with Crippen LogP contribution in [0.3, 0.4) is 0 Å². The standard InChI is InChI=1S/C14H15BrN2/c1-2-17-14(12-7-9-16-10-8-12)11-3-5-13(15)6-4-11/h3-10,14,17H,2H2,1H3. The fourth-order valence-electron chi connectivity index (χ4n) is 1.84. The lowest BCUT2D eigenvalue weighted by Gasteiger charge is -2.18. The summed E-state index contributed by atoms with van der Waals surface area (Å²) >= 11 is 3.46. The Kier molecular flexibility index (Phi) is 4.29. The molecule has 17 heavy (non-hydrogen) atoms. The van der Waals surface area contributed by atoms with E-state index in [9.17, 15) is 0 Å². The van der Waals surface area contributed by atoms with Gasteiger partial charge in [0.2, 0.25) is 0 Å². The van der Waals surface area contributed by atoms with Crippen molar-refractivity contribution in [2.75, 3.05) is 6.54 Å². The maximum absolute atomic E-state index is 4.06. The predicted molar refractivity (Wildman–Crippen MR) is 73.9 cm³/mol. The van der Waals surface area contributed by atoms with E-state index in [1.165, 1.54) is 11.1 Å². The van der Waals surface area contributed by atoms with Crippen molar-refractivity contribution in [3.05, 3.63) is 64.4 Å². The summed E-state index contributed by atoms with van der Waals surface area (Å²) < 4.78 is 1.10. The number of halogens is 1. The van der Waals surface area contributed by atoms with Gasteiger partial charge in [0.1, 0.15) is 0 Å². The van der Waals surface area contributed by atoms with Crippen molar-refractivity contribution >= 4 is 15.9 Å². The highest BCUT2D eigenvalue weighted by molar-refractivity contribution is 9.10. The molecule has 1 N–H and O–H groups in total. The molecule has 0 aliphatic rings. The van der Waals surface area contributed by atoms with Gasteiger partial charge in [-0.05, 0) is 41.9 Å². The number of nitrogens with zero attached hydrogens (tertiary/aromatic N) is 1. The summed E-state index contributed by atoms with van der Waals surface area (Å²) in [7, 11) is 0. The van der Waals surface area contributed by atoms with Gasteiger partial charge in [0.25, 0.3) is 0 Å². The molecule has 0 saturated heterocycles. The SMILES string of the molecule is CCNC(c1ccncc1)c1ccc(Br)cc1. The zero-order valence-corrected chi connectivity index (χ0v) is 11.3. The van der Waals surface area contributed by atoms with Crippen LogP contribution in [0, 0.1) is 0 Å². The smallest absolute Gasteiger partial charge is 0.0577 e. The Balaban J connectivity index is 2.32. The molecule has 1 heterocycles. The third-order valence-corrected chi connectivity index (χ3v) is 3.18. The van der Waals surface area contributed by atoms with Gasteiger partial charge in [-0.3, -0.25) is 4.98 Å². The van der Waals surface area contributed by atoms with E-state index in [1.807, 2.05) is 12.4 Å². The molecule has 2 aromatic rings. The Morgan fingerprint density at radius 3 is 2.24 bits per heavy atom. The first-order chi connectivity index (χ1) is 8.31. The normalized spacial score (nSPS) is 12.4. The third-order valence-electron chi connectivity index (χ3n) is 2.65. The summed E-state index contributed by atoms with van der Waals surface area (Å²) in [6.07, 6.45) is 3.66. The van der Waals surface area contributed by atoms with Crippen LogP contribution in [0.2, 0.25) is 0 Å². The van der Waals surface area contributed by atoms with Crippen molar-refractivity contribution in [3.63, 3.8) is 0 Å². The maximum Gasteiger partial charge on any atom is 0.0577 e. The van der Waals surface area contributed by atoms with Crippen LogP contribution in [0.5, 0.6) is 0 Å². The number of benzene rings is 1. The zero-order chi connectivity index (χ0) is 12.1. The van der Waals surface area contributed by atoms with Crippen LogP contribution in [-0.4, -0.2) is 11.5 Å². The number of aromatic nitrogens is 1. The number of nitrogens with one attached hydrogen (secondary N) is 1. The molecular formula is C14H15BrN2. The van der Waals surface area contributed by atoms with E-state index in [0.29, 0.717) is 0 Å². The number of pyridine rings is 1. The Bertz CT molecular complexity index is 453. The molecule has 0 bridgehead atoms. The monoisotopic (exact) mass is 290 g/mol. The highest BCUT2D eigenvalue weighted by Gasteiger charge is 2.11. The lowest BCUT2D eigenvalue weighted by Crippen LogP contribution is -2.21. The van der Waals surface area contributed by atoms with Gasteiger partial charge in [-0.15, -0.1) is 0 Å². The first-order valence-electron chi connectivity index (χ1n) is 5.70. The summed E-state index contributed by atoms with van der Waals surface area (Å²) in [6, 6.07) is 12.7. The average Bonchev–Trinajstić information content (AvgIpc) is 2.38. The molecule has 0 spiro atoms. The summed E-state index contributed by atoms with van der Waals surface area (Å²) in [5, 5.41) is 3.49. The van der Waals surface area contributed by atoms with Crippen molar-refractivity contribution in [2.24, 2.45) is 0 Å². The molecule has 0 amide bonds. The second-order valence-electron chi connectivity index (χ2n) is 3.82. The first kappa shape index (κ1) is 12.3. The van der Waals surface area contributed by atoms with Crippen molar-refractivity contribution in [3.8, 4) is 0 Å². The van der Waals surface area contributed by atoms with E-state index in [-0.39, 0.29) is 6.04 Å². The molecule has 1 aromatic heterocycles. The van der Waals surface area contributed by atoms with Gasteiger partial charge in [0, 0.05) is 16.9 Å². The summed E-state index contributed by atoms with van der Waals surface area (Å²) in [5.74, 6) is 0. The largest absolute Gasteiger partial charge is 0.307 e. The lowest BCUT2D eigenvalue weighted by molar-refractivity contribution is 0.630. The maximum atomic E-state index is 4.06. The van der Waals surface area contributed by atoms with E-state index in [4.69, 9.17) is 0 Å². The van der Waals surface area contributed by atoms with Crippen LogP contribution < -0.4 is 5.32 Å². The third kappa shape index (κ3) is 3.14. The van der Waals surface area contributed by atoms with Crippen LogP contribution in [0.25, 0.3) is 0 Å². The van der Waals surface area contributed by atoms with Gasteiger partial charge < -0.3 is 5.32 Å². The topological polar surface area (TPSA) is 24.9 Å². The van der Waals surface area contributed by atoms with Crippen molar-refractivity contribution in [2.45, 2.75) is 13.0 Å². The average molecular weight is 291 g/mol. The van der Waals surface area contributed by atoms with Gasteiger partial charge in [-0.1, -0.05) is 35.0 Å². The first-order valence-corrected chi connectivity index (χ1v) is 6.49. The molecule has 1 aromatic carbocycles. The minimum atomic E-state index is 0.232. The van der Waals surface area contributed by atoms with Gasteiger partial charge in [0.05, 0.1) is 6.04 Å².